The molecule has 7 nitrogen and oxygen atoms in total. The van der Waals surface area contributed by atoms with Crippen LogP contribution in [0.25, 0.3) is 0 Å². The number of morpholine rings is 1. The molecule has 2 aromatic carbocycles. The summed E-state index contributed by atoms with van der Waals surface area (Å²) < 4.78 is 32.5. The molecule has 0 atom stereocenters. The quantitative estimate of drug-likeness (QED) is 0.482. The van der Waals surface area contributed by atoms with Gasteiger partial charge in [0.15, 0.2) is 5.96 Å². The maximum Gasteiger partial charge on any atom is 0.218 e. The lowest BCUT2D eigenvalue weighted by molar-refractivity contribution is 0.0729. The molecule has 0 aromatic heterocycles. The Labute approximate surface area is 185 Å². The van der Waals surface area contributed by atoms with Crippen LogP contribution in [0.15, 0.2) is 53.5 Å². The van der Waals surface area contributed by atoms with Crippen molar-refractivity contribution in [2.75, 3.05) is 33.4 Å². The maximum absolute atomic E-state index is 12.8. The molecule has 1 saturated heterocycles. The van der Waals surface area contributed by atoms with E-state index in [4.69, 9.17) is 4.74 Å². The minimum atomic E-state index is -3.38. The van der Waals surface area contributed by atoms with Crippen molar-refractivity contribution in [2.45, 2.75) is 32.2 Å². The Hall–Kier alpha value is -2.42. The molecule has 0 radical (unpaired) electrons. The molecular weight excluding hydrogens is 412 g/mol. The molecular formula is C23H32N4O3S. The first kappa shape index (κ1) is 23.2. The van der Waals surface area contributed by atoms with E-state index in [1.165, 1.54) is 15.4 Å². The molecule has 0 unspecified atom stereocenters. The van der Waals surface area contributed by atoms with E-state index in [1.807, 2.05) is 30.3 Å². The van der Waals surface area contributed by atoms with Gasteiger partial charge in [0.1, 0.15) is 0 Å². The Balaban J connectivity index is 1.62. The zero-order chi connectivity index (χ0) is 22.1. The van der Waals surface area contributed by atoms with E-state index >= 15 is 0 Å². The van der Waals surface area contributed by atoms with Gasteiger partial charge in [0.2, 0.25) is 10.0 Å². The van der Waals surface area contributed by atoms with Crippen molar-refractivity contribution in [1.82, 2.24) is 14.9 Å². The van der Waals surface area contributed by atoms with Crippen LogP contribution in [0.3, 0.4) is 0 Å². The van der Waals surface area contributed by atoms with Crippen LogP contribution in [-0.2, 0) is 40.0 Å². The molecule has 0 aliphatic carbocycles. The molecule has 2 aromatic rings. The van der Waals surface area contributed by atoms with Gasteiger partial charge in [0, 0.05) is 33.2 Å². The fourth-order valence-corrected chi connectivity index (χ4v) is 5.20. The number of hydrogen-bond donors (Lipinski definition) is 2. The van der Waals surface area contributed by atoms with E-state index < -0.39 is 10.0 Å². The highest BCUT2D eigenvalue weighted by Gasteiger charge is 2.25. The van der Waals surface area contributed by atoms with Gasteiger partial charge in [0.05, 0.1) is 19.0 Å². The summed E-state index contributed by atoms with van der Waals surface area (Å²) in [4.78, 5) is 4.31. The molecule has 0 bridgehead atoms. The van der Waals surface area contributed by atoms with Gasteiger partial charge >= 0.3 is 0 Å². The molecule has 0 amide bonds. The molecule has 3 rings (SSSR count). The Morgan fingerprint density at radius 3 is 2.00 bits per heavy atom. The molecule has 0 saturated carbocycles. The van der Waals surface area contributed by atoms with E-state index in [0.29, 0.717) is 45.4 Å². The van der Waals surface area contributed by atoms with Crippen LogP contribution in [0.4, 0.5) is 0 Å². The van der Waals surface area contributed by atoms with Crippen molar-refractivity contribution in [3.63, 3.8) is 0 Å². The number of aryl methyl sites for hydroxylation is 1. The second-order valence-electron chi connectivity index (χ2n) is 7.44. The standard InChI is InChI=1S/C23H32N4O3S/c1-3-19-8-4-5-9-20(19)16-25-23(24-2)26-17-21-10-6-7-11-22(21)18-31(28,29)27-12-14-30-15-13-27/h4-11H,3,12-18H2,1-2H3,(H2,24,25,26). The van der Waals surface area contributed by atoms with Crippen LogP contribution in [0.2, 0.25) is 0 Å². The summed E-state index contributed by atoms with van der Waals surface area (Å²) in [5.41, 5.74) is 4.29. The van der Waals surface area contributed by atoms with Gasteiger partial charge in [0.25, 0.3) is 0 Å². The Kier molecular flexibility index (Phi) is 8.45. The van der Waals surface area contributed by atoms with Gasteiger partial charge in [-0.25, -0.2) is 8.42 Å². The fourth-order valence-electron chi connectivity index (χ4n) is 3.64. The SMILES string of the molecule is CCc1ccccc1CNC(=NC)NCc1ccccc1CS(=O)(=O)N1CCOCC1. The van der Waals surface area contributed by atoms with Crippen LogP contribution in [0, 0.1) is 0 Å². The molecule has 168 valence electrons. The first-order valence-corrected chi connectivity index (χ1v) is 12.3. The Bertz CT molecular complexity index is 986. The lowest BCUT2D eigenvalue weighted by atomic mass is 10.1. The average Bonchev–Trinajstić information content (AvgIpc) is 2.80. The predicted molar refractivity (Wildman–Crippen MR) is 124 cm³/mol. The van der Waals surface area contributed by atoms with Gasteiger partial charge in [-0.3, -0.25) is 4.99 Å². The van der Waals surface area contributed by atoms with Gasteiger partial charge in [-0.2, -0.15) is 4.31 Å². The molecule has 1 aliphatic rings. The number of hydrogen-bond acceptors (Lipinski definition) is 4. The molecule has 31 heavy (non-hydrogen) atoms. The van der Waals surface area contributed by atoms with Crippen molar-refractivity contribution in [1.29, 1.82) is 0 Å². The molecule has 2 N–H and O–H groups in total. The van der Waals surface area contributed by atoms with E-state index in [2.05, 4.69) is 40.7 Å². The minimum Gasteiger partial charge on any atom is -0.379 e. The Morgan fingerprint density at radius 2 is 1.45 bits per heavy atom. The largest absolute Gasteiger partial charge is 0.379 e. The average molecular weight is 445 g/mol. The number of aliphatic imine (C=N–C) groups is 1. The summed E-state index contributed by atoms with van der Waals surface area (Å²) in [6.07, 6.45) is 0.981. The number of guanidine groups is 1. The fraction of sp³-hybridized carbons (Fsp3) is 0.435. The van der Waals surface area contributed by atoms with Crippen LogP contribution in [0.5, 0.6) is 0 Å². The van der Waals surface area contributed by atoms with Crippen LogP contribution in [-0.4, -0.2) is 52.0 Å². The molecule has 1 aliphatic heterocycles. The third kappa shape index (κ3) is 6.53. The number of benzene rings is 2. The summed E-state index contributed by atoms with van der Waals surface area (Å²) in [5, 5.41) is 6.66. The number of nitrogens with one attached hydrogen (secondary N) is 2. The van der Waals surface area contributed by atoms with E-state index in [-0.39, 0.29) is 5.75 Å². The number of ether oxygens (including phenoxy) is 1. The second kappa shape index (κ2) is 11.3. The normalized spacial score (nSPS) is 15.6. The summed E-state index contributed by atoms with van der Waals surface area (Å²) in [6.45, 7) is 5.04. The molecule has 0 spiro atoms. The smallest absolute Gasteiger partial charge is 0.218 e. The van der Waals surface area contributed by atoms with Crippen molar-refractivity contribution < 1.29 is 13.2 Å². The minimum absolute atomic E-state index is 0.0131. The molecule has 1 fully saturated rings. The third-order valence-corrected chi connectivity index (χ3v) is 7.26. The topological polar surface area (TPSA) is 83.0 Å². The van der Waals surface area contributed by atoms with Crippen LogP contribution in [0.1, 0.15) is 29.2 Å². The number of rotatable bonds is 8. The van der Waals surface area contributed by atoms with Gasteiger partial charge < -0.3 is 15.4 Å². The highest BCUT2D eigenvalue weighted by atomic mass is 32.2. The zero-order valence-electron chi connectivity index (χ0n) is 18.3. The lowest BCUT2D eigenvalue weighted by Gasteiger charge is -2.26. The summed E-state index contributed by atoms with van der Waals surface area (Å²) in [5.74, 6) is 0.664. The number of sulfonamides is 1. The Morgan fingerprint density at radius 1 is 0.935 bits per heavy atom. The summed E-state index contributed by atoms with van der Waals surface area (Å²) in [7, 11) is -1.65. The second-order valence-corrected chi connectivity index (χ2v) is 9.41. The molecule has 8 heteroatoms. The van der Waals surface area contributed by atoms with Crippen LogP contribution >= 0.6 is 0 Å². The highest BCUT2D eigenvalue weighted by molar-refractivity contribution is 7.88. The zero-order valence-corrected chi connectivity index (χ0v) is 19.1. The first-order chi connectivity index (χ1) is 15.0. The predicted octanol–water partition coefficient (Wildman–Crippen LogP) is 2.28. The highest BCUT2D eigenvalue weighted by Crippen LogP contribution is 2.16. The van der Waals surface area contributed by atoms with E-state index in [1.54, 1.807) is 7.05 Å². The monoisotopic (exact) mass is 444 g/mol. The van der Waals surface area contributed by atoms with Crippen molar-refractivity contribution in [3.8, 4) is 0 Å². The van der Waals surface area contributed by atoms with E-state index in [9.17, 15) is 8.42 Å². The van der Waals surface area contributed by atoms with Gasteiger partial charge in [-0.05, 0) is 28.7 Å². The van der Waals surface area contributed by atoms with Gasteiger partial charge in [-0.1, -0.05) is 55.5 Å². The molecule has 1 heterocycles. The first-order valence-electron chi connectivity index (χ1n) is 10.7. The van der Waals surface area contributed by atoms with E-state index in [0.717, 1.165) is 17.5 Å². The van der Waals surface area contributed by atoms with Crippen molar-refractivity contribution in [3.05, 3.63) is 70.8 Å². The van der Waals surface area contributed by atoms with Gasteiger partial charge in [-0.15, -0.1) is 0 Å². The maximum atomic E-state index is 12.8. The third-order valence-electron chi connectivity index (χ3n) is 5.44. The number of nitrogens with zero attached hydrogens (tertiary/aromatic N) is 2. The summed E-state index contributed by atoms with van der Waals surface area (Å²) >= 11 is 0. The van der Waals surface area contributed by atoms with Crippen LogP contribution < -0.4 is 10.6 Å². The lowest BCUT2D eigenvalue weighted by Crippen LogP contribution is -2.41. The van der Waals surface area contributed by atoms with Crippen molar-refractivity contribution in [2.24, 2.45) is 4.99 Å². The summed E-state index contributed by atoms with van der Waals surface area (Å²) in [6, 6.07) is 16.0. The van der Waals surface area contributed by atoms with Crippen molar-refractivity contribution >= 4 is 16.0 Å².